The molecule has 0 bridgehead atoms. The summed E-state index contributed by atoms with van der Waals surface area (Å²) >= 11 is 0. The van der Waals surface area contributed by atoms with Crippen molar-refractivity contribution in [2.75, 3.05) is 13.1 Å². The second-order valence-electron chi connectivity index (χ2n) is 4.55. The van der Waals surface area contributed by atoms with E-state index in [0.717, 1.165) is 25.4 Å². The topological polar surface area (TPSA) is 38.0 Å². The highest BCUT2D eigenvalue weighted by atomic mass is 15.0. The Balaban J connectivity index is 2.16. The third-order valence-electron chi connectivity index (χ3n) is 3.47. The van der Waals surface area contributed by atoms with Crippen LogP contribution in [0.25, 0.3) is 0 Å². The van der Waals surface area contributed by atoms with Gasteiger partial charge in [-0.2, -0.15) is 0 Å². The van der Waals surface area contributed by atoms with Crippen LogP contribution in [0.4, 0.5) is 0 Å². The highest BCUT2D eigenvalue weighted by Crippen LogP contribution is 2.34. The minimum atomic E-state index is 0.503. The van der Waals surface area contributed by atoms with Crippen LogP contribution < -0.4 is 11.1 Å². The molecule has 1 unspecified atom stereocenters. The molecule has 1 aliphatic carbocycles. The molecule has 1 fully saturated rings. The molecule has 1 saturated carbocycles. The molecule has 1 atom stereocenters. The standard InChI is InChI=1S/C11H24N2/c1-3-11(6-4-7-11)13-9-10(2)5-8-12/h10,13H,3-9,12H2,1-2H3. The number of nitrogens with one attached hydrogen (secondary N) is 1. The molecule has 2 heteroatoms. The van der Waals surface area contributed by atoms with Crippen LogP contribution in [0.15, 0.2) is 0 Å². The zero-order chi connectivity index (χ0) is 9.73. The summed E-state index contributed by atoms with van der Waals surface area (Å²) in [7, 11) is 0. The molecule has 78 valence electrons. The summed E-state index contributed by atoms with van der Waals surface area (Å²) in [5.41, 5.74) is 6.02. The van der Waals surface area contributed by atoms with Gasteiger partial charge in [-0.3, -0.25) is 0 Å². The third-order valence-corrected chi connectivity index (χ3v) is 3.47. The Morgan fingerprint density at radius 1 is 1.46 bits per heavy atom. The van der Waals surface area contributed by atoms with Crippen LogP contribution in [0.5, 0.6) is 0 Å². The minimum absolute atomic E-state index is 0.503. The van der Waals surface area contributed by atoms with E-state index in [1.807, 2.05) is 0 Å². The first-order chi connectivity index (χ1) is 6.22. The molecular weight excluding hydrogens is 160 g/mol. The molecule has 0 saturated heterocycles. The quantitative estimate of drug-likeness (QED) is 0.661. The van der Waals surface area contributed by atoms with Gasteiger partial charge in [-0.25, -0.2) is 0 Å². The van der Waals surface area contributed by atoms with Gasteiger partial charge in [-0.15, -0.1) is 0 Å². The van der Waals surface area contributed by atoms with Crippen LogP contribution in [-0.2, 0) is 0 Å². The van der Waals surface area contributed by atoms with Gasteiger partial charge in [0.1, 0.15) is 0 Å². The van der Waals surface area contributed by atoms with E-state index in [4.69, 9.17) is 5.73 Å². The summed E-state index contributed by atoms with van der Waals surface area (Å²) in [6, 6.07) is 0. The predicted octanol–water partition coefficient (Wildman–Crippen LogP) is 1.89. The van der Waals surface area contributed by atoms with Crippen molar-refractivity contribution in [3.63, 3.8) is 0 Å². The van der Waals surface area contributed by atoms with Crippen LogP contribution in [0.1, 0.15) is 46.0 Å². The van der Waals surface area contributed by atoms with Crippen LogP contribution >= 0.6 is 0 Å². The normalized spacial score (nSPS) is 22.4. The highest BCUT2D eigenvalue weighted by Gasteiger charge is 2.34. The molecule has 0 aromatic carbocycles. The molecule has 0 aromatic heterocycles. The van der Waals surface area contributed by atoms with E-state index in [0.29, 0.717) is 5.54 Å². The van der Waals surface area contributed by atoms with Crippen LogP contribution in [0, 0.1) is 5.92 Å². The van der Waals surface area contributed by atoms with E-state index < -0.39 is 0 Å². The largest absolute Gasteiger partial charge is 0.330 e. The summed E-state index contributed by atoms with van der Waals surface area (Å²) in [5, 5.41) is 3.71. The maximum absolute atomic E-state index is 5.52. The lowest BCUT2D eigenvalue weighted by Crippen LogP contribution is -2.51. The molecule has 1 aliphatic rings. The summed E-state index contributed by atoms with van der Waals surface area (Å²) < 4.78 is 0. The van der Waals surface area contributed by atoms with E-state index in [1.54, 1.807) is 0 Å². The monoisotopic (exact) mass is 184 g/mol. The Labute approximate surface area is 82.3 Å². The third kappa shape index (κ3) is 2.96. The van der Waals surface area contributed by atoms with Crippen LogP contribution in [0.3, 0.4) is 0 Å². The van der Waals surface area contributed by atoms with Crippen molar-refractivity contribution in [3.05, 3.63) is 0 Å². The number of hydrogen-bond donors (Lipinski definition) is 2. The fraction of sp³-hybridized carbons (Fsp3) is 1.00. The van der Waals surface area contributed by atoms with Gasteiger partial charge >= 0.3 is 0 Å². The molecule has 1 rings (SSSR count). The highest BCUT2D eigenvalue weighted by molar-refractivity contribution is 4.94. The fourth-order valence-corrected chi connectivity index (χ4v) is 2.04. The van der Waals surface area contributed by atoms with E-state index >= 15 is 0 Å². The Kier molecular flexibility index (Phi) is 4.20. The maximum Gasteiger partial charge on any atom is 0.0179 e. The smallest absolute Gasteiger partial charge is 0.0179 e. The Morgan fingerprint density at radius 2 is 2.15 bits per heavy atom. The summed E-state index contributed by atoms with van der Waals surface area (Å²) in [5.74, 6) is 0.731. The van der Waals surface area contributed by atoms with Crippen molar-refractivity contribution in [2.45, 2.75) is 51.5 Å². The lowest BCUT2D eigenvalue weighted by atomic mass is 9.74. The van der Waals surface area contributed by atoms with Gasteiger partial charge in [0.25, 0.3) is 0 Å². The van der Waals surface area contributed by atoms with Crippen LogP contribution in [-0.4, -0.2) is 18.6 Å². The van der Waals surface area contributed by atoms with Gasteiger partial charge in [0, 0.05) is 5.54 Å². The van der Waals surface area contributed by atoms with E-state index in [2.05, 4.69) is 19.2 Å². The Morgan fingerprint density at radius 3 is 2.54 bits per heavy atom. The zero-order valence-corrected chi connectivity index (χ0v) is 9.10. The molecular formula is C11H24N2. The predicted molar refractivity (Wildman–Crippen MR) is 57.7 cm³/mol. The average molecular weight is 184 g/mol. The van der Waals surface area contributed by atoms with Gasteiger partial charge in [-0.05, 0) is 51.1 Å². The van der Waals surface area contributed by atoms with Gasteiger partial charge < -0.3 is 11.1 Å². The first kappa shape index (κ1) is 11.0. The van der Waals surface area contributed by atoms with Crippen molar-refractivity contribution in [2.24, 2.45) is 11.7 Å². The molecule has 13 heavy (non-hydrogen) atoms. The van der Waals surface area contributed by atoms with Gasteiger partial charge in [0.05, 0.1) is 0 Å². The lowest BCUT2D eigenvalue weighted by molar-refractivity contribution is 0.169. The van der Waals surface area contributed by atoms with Crippen molar-refractivity contribution in [1.29, 1.82) is 0 Å². The fourth-order valence-electron chi connectivity index (χ4n) is 2.04. The van der Waals surface area contributed by atoms with E-state index in [-0.39, 0.29) is 0 Å². The maximum atomic E-state index is 5.52. The van der Waals surface area contributed by atoms with E-state index in [9.17, 15) is 0 Å². The number of rotatable bonds is 6. The SMILES string of the molecule is CCC1(NCC(C)CCN)CCC1. The van der Waals surface area contributed by atoms with Crippen LogP contribution in [0.2, 0.25) is 0 Å². The van der Waals surface area contributed by atoms with Gasteiger partial charge in [0.15, 0.2) is 0 Å². The first-order valence-corrected chi connectivity index (χ1v) is 5.67. The van der Waals surface area contributed by atoms with Crippen molar-refractivity contribution >= 4 is 0 Å². The molecule has 0 heterocycles. The lowest BCUT2D eigenvalue weighted by Gasteiger charge is -2.43. The van der Waals surface area contributed by atoms with Crippen molar-refractivity contribution in [1.82, 2.24) is 5.32 Å². The zero-order valence-electron chi connectivity index (χ0n) is 9.10. The molecule has 0 spiro atoms. The van der Waals surface area contributed by atoms with Gasteiger partial charge in [-0.1, -0.05) is 13.8 Å². The second-order valence-corrected chi connectivity index (χ2v) is 4.55. The van der Waals surface area contributed by atoms with Gasteiger partial charge in [0.2, 0.25) is 0 Å². The van der Waals surface area contributed by atoms with Crippen molar-refractivity contribution < 1.29 is 0 Å². The average Bonchev–Trinajstić information content (AvgIpc) is 2.04. The summed E-state index contributed by atoms with van der Waals surface area (Å²) in [6.45, 7) is 6.54. The number of hydrogen-bond acceptors (Lipinski definition) is 2. The number of nitrogens with two attached hydrogens (primary N) is 1. The molecule has 0 amide bonds. The molecule has 0 aromatic rings. The molecule has 0 aliphatic heterocycles. The molecule has 0 radical (unpaired) electrons. The first-order valence-electron chi connectivity index (χ1n) is 5.67. The Bertz CT molecular complexity index is 136. The van der Waals surface area contributed by atoms with E-state index in [1.165, 1.54) is 25.7 Å². The minimum Gasteiger partial charge on any atom is -0.330 e. The molecule has 3 N–H and O–H groups in total. The molecule has 2 nitrogen and oxygen atoms in total. The van der Waals surface area contributed by atoms with Crippen molar-refractivity contribution in [3.8, 4) is 0 Å². The second kappa shape index (κ2) is 4.97. The summed E-state index contributed by atoms with van der Waals surface area (Å²) in [6.07, 6.45) is 6.58. The Hall–Kier alpha value is -0.0800. The summed E-state index contributed by atoms with van der Waals surface area (Å²) in [4.78, 5) is 0.